The molecule has 3 atom stereocenters. The van der Waals surface area contributed by atoms with Crippen LogP contribution in [0.25, 0.3) is 21.8 Å². The highest BCUT2D eigenvalue weighted by Crippen LogP contribution is 2.34. The average Bonchev–Trinajstić information content (AvgIpc) is 3.61. The third-order valence-corrected chi connectivity index (χ3v) is 7.55. The molecular formula is C28H33N9. The maximum Gasteiger partial charge on any atom is 0.150 e. The first kappa shape index (κ1) is 23.5. The third-order valence-electron chi connectivity index (χ3n) is 7.55. The molecule has 1 aliphatic rings. The van der Waals surface area contributed by atoms with Crippen molar-refractivity contribution in [2.24, 2.45) is 10.9 Å². The van der Waals surface area contributed by atoms with Gasteiger partial charge in [0.15, 0.2) is 5.82 Å². The molecular weight excluding hydrogens is 462 g/mol. The summed E-state index contributed by atoms with van der Waals surface area (Å²) in [6.07, 6.45) is 10.3. The average molecular weight is 496 g/mol. The van der Waals surface area contributed by atoms with E-state index in [0.717, 1.165) is 75.2 Å². The molecule has 0 spiro atoms. The SMILES string of the molecule is CC1C=Nc2[nH]nc(C(C)Cc3nccc4c(C(C)Cc5cncc6c(C(C)C)n[nH]c56)n[nH]c34)c2C1. The number of aliphatic imine (C=N–C) groups is 1. The molecule has 0 aromatic carbocycles. The van der Waals surface area contributed by atoms with E-state index in [2.05, 4.69) is 76.2 Å². The van der Waals surface area contributed by atoms with E-state index in [1.54, 1.807) is 0 Å². The van der Waals surface area contributed by atoms with Crippen LogP contribution in [0.5, 0.6) is 0 Å². The number of fused-ring (bicyclic) bond motifs is 3. The molecule has 9 nitrogen and oxygen atoms in total. The van der Waals surface area contributed by atoms with Gasteiger partial charge in [0, 0.05) is 59.4 Å². The van der Waals surface area contributed by atoms with Crippen molar-refractivity contribution >= 4 is 33.8 Å². The van der Waals surface area contributed by atoms with E-state index in [1.165, 1.54) is 5.56 Å². The second kappa shape index (κ2) is 9.21. The first-order valence-electron chi connectivity index (χ1n) is 13.1. The molecule has 37 heavy (non-hydrogen) atoms. The molecule has 6 heterocycles. The molecule has 3 N–H and O–H groups in total. The summed E-state index contributed by atoms with van der Waals surface area (Å²) in [5.41, 5.74) is 8.68. The lowest BCUT2D eigenvalue weighted by Crippen LogP contribution is -2.09. The molecule has 0 saturated heterocycles. The van der Waals surface area contributed by atoms with E-state index in [0.29, 0.717) is 11.8 Å². The molecule has 0 bridgehead atoms. The molecule has 0 saturated carbocycles. The highest BCUT2D eigenvalue weighted by Gasteiger charge is 2.24. The van der Waals surface area contributed by atoms with Crippen LogP contribution >= 0.6 is 0 Å². The third kappa shape index (κ3) is 4.12. The van der Waals surface area contributed by atoms with E-state index in [9.17, 15) is 0 Å². The largest absolute Gasteiger partial charge is 0.277 e. The summed E-state index contributed by atoms with van der Waals surface area (Å²) in [6.45, 7) is 10.9. The molecule has 3 unspecified atom stereocenters. The van der Waals surface area contributed by atoms with Crippen molar-refractivity contribution in [1.29, 1.82) is 0 Å². The lowest BCUT2D eigenvalue weighted by molar-refractivity contribution is 0.689. The normalized spacial score (nSPS) is 17.1. The molecule has 190 valence electrons. The molecule has 0 aliphatic carbocycles. The van der Waals surface area contributed by atoms with Gasteiger partial charge in [-0.2, -0.15) is 15.3 Å². The van der Waals surface area contributed by atoms with E-state index >= 15 is 0 Å². The number of H-pyrrole nitrogens is 3. The van der Waals surface area contributed by atoms with Gasteiger partial charge in [0.1, 0.15) is 0 Å². The van der Waals surface area contributed by atoms with E-state index < -0.39 is 0 Å². The Balaban J connectivity index is 1.27. The summed E-state index contributed by atoms with van der Waals surface area (Å²) < 4.78 is 0. The highest BCUT2D eigenvalue weighted by molar-refractivity contribution is 5.85. The van der Waals surface area contributed by atoms with Crippen molar-refractivity contribution in [2.75, 3.05) is 0 Å². The minimum atomic E-state index is 0.192. The van der Waals surface area contributed by atoms with Crippen molar-refractivity contribution in [3.8, 4) is 0 Å². The summed E-state index contributed by atoms with van der Waals surface area (Å²) in [5.74, 6) is 2.06. The fourth-order valence-electron chi connectivity index (χ4n) is 5.63. The van der Waals surface area contributed by atoms with Gasteiger partial charge in [-0.15, -0.1) is 0 Å². The lowest BCUT2D eigenvalue weighted by atomic mass is 9.91. The molecule has 5 aromatic heterocycles. The number of aromatic nitrogens is 8. The van der Waals surface area contributed by atoms with Crippen molar-refractivity contribution in [3.05, 3.63) is 58.6 Å². The fourth-order valence-corrected chi connectivity index (χ4v) is 5.63. The van der Waals surface area contributed by atoms with Crippen LogP contribution in [0.4, 0.5) is 5.82 Å². The number of aromatic amines is 3. The van der Waals surface area contributed by atoms with Crippen molar-refractivity contribution < 1.29 is 0 Å². The maximum absolute atomic E-state index is 4.76. The summed E-state index contributed by atoms with van der Waals surface area (Å²) >= 11 is 0. The Bertz CT molecular complexity index is 1600. The minimum Gasteiger partial charge on any atom is -0.277 e. The van der Waals surface area contributed by atoms with Crippen LogP contribution in [-0.2, 0) is 19.3 Å². The van der Waals surface area contributed by atoms with Crippen LogP contribution in [0.3, 0.4) is 0 Å². The minimum absolute atomic E-state index is 0.192. The van der Waals surface area contributed by atoms with E-state index in [-0.39, 0.29) is 11.8 Å². The fraction of sp³-hybridized carbons (Fsp3) is 0.429. The van der Waals surface area contributed by atoms with Gasteiger partial charge in [0.2, 0.25) is 0 Å². The molecule has 0 fully saturated rings. The van der Waals surface area contributed by atoms with Gasteiger partial charge < -0.3 is 0 Å². The smallest absolute Gasteiger partial charge is 0.150 e. The number of hydrogen-bond acceptors (Lipinski definition) is 6. The molecule has 0 amide bonds. The Morgan fingerprint density at radius 2 is 1.62 bits per heavy atom. The second-order valence-electron chi connectivity index (χ2n) is 10.9. The van der Waals surface area contributed by atoms with E-state index in [1.807, 2.05) is 24.8 Å². The Hall–Kier alpha value is -3.88. The highest BCUT2D eigenvalue weighted by atomic mass is 15.2. The molecule has 6 rings (SSSR count). The Morgan fingerprint density at radius 3 is 2.46 bits per heavy atom. The number of hydrogen-bond donors (Lipinski definition) is 3. The molecule has 0 radical (unpaired) electrons. The van der Waals surface area contributed by atoms with Crippen LogP contribution in [0.15, 0.2) is 29.6 Å². The second-order valence-corrected chi connectivity index (χ2v) is 10.9. The first-order valence-corrected chi connectivity index (χ1v) is 13.1. The van der Waals surface area contributed by atoms with Gasteiger partial charge in [-0.3, -0.25) is 25.3 Å². The Morgan fingerprint density at radius 1 is 0.865 bits per heavy atom. The Labute approximate surface area is 215 Å². The van der Waals surface area contributed by atoms with Crippen LogP contribution in [-0.4, -0.2) is 46.8 Å². The van der Waals surface area contributed by atoms with Crippen molar-refractivity contribution in [2.45, 2.75) is 71.6 Å². The van der Waals surface area contributed by atoms with E-state index in [4.69, 9.17) is 10.1 Å². The quantitative estimate of drug-likeness (QED) is 0.269. The molecule has 1 aliphatic heterocycles. The van der Waals surface area contributed by atoms with Gasteiger partial charge in [-0.1, -0.05) is 34.6 Å². The number of nitrogens with zero attached hydrogens (tertiary/aromatic N) is 6. The number of pyridine rings is 2. The van der Waals surface area contributed by atoms with Gasteiger partial charge in [0.25, 0.3) is 0 Å². The summed E-state index contributed by atoms with van der Waals surface area (Å²) in [4.78, 5) is 13.8. The van der Waals surface area contributed by atoms with Gasteiger partial charge in [-0.25, -0.2) is 4.99 Å². The summed E-state index contributed by atoms with van der Waals surface area (Å²) in [6, 6.07) is 2.07. The summed E-state index contributed by atoms with van der Waals surface area (Å²) in [7, 11) is 0. The van der Waals surface area contributed by atoms with Crippen molar-refractivity contribution in [3.63, 3.8) is 0 Å². The monoisotopic (exact) mass is 495 g/mol. The zero-order chi connectivity index (χ0) is 25.7. The van der Waals surface area contributed by atoms with Crippen LogP contribution in [0, 0.1) is 5.92 Å². The maximum atomic E-state index is 4.76. The van der Waals surface area contributed by atoms with Gasteiger partial charge in [-0.05, 0) is 36.3 Å². The van der Waals surface area contributed by atoms with Crippen LogP contribution < -0.4 is 0 Å². The number of rotatable bonds is 7. The van der Waals surface area contributed by atoms with Crippen LogP contribution in [0.2, 0.25) is 0 Å². The summed E-state index contributed by atoms with van der Waals surface area (Å²) in [5, 5.41) is 25.8. The zero-order valence-corrected chi connectivity index (χ0v) is 22.0. The van der Waals surface area contributed by atoms with Gasteiger partial charge in [0.05, 0.1) is 33.8 Å². The number of nitrogens with one attached hydrogen (secondary N) is 3. The molecule has 9 heteroatoms. The predicted molar refractivity (Wildman–Crippen MR) is 146 cm³/mol. The first-order chi connectivity index (χ1) is 17.9. The topological polar surface area (TPSA) is 124 Å². The Kier molecular flexibility index (Phi) is 5.85. The molecule has 5 aromatic rings. The predicted octanol–water partition coefficient (Wildman–Crippen LogP) is 5.66. The van der Waals surface area contributed by atoms with Crippen molar-refractivity contribution in [1.82, 2.24) is 40.6 Å². The zero-order valence-electron chi connectivity index (χ0n) is 22.0. The lowest BCUT2D eigenvalue weighted by Gasteiger charge is -2.15. The standard InChI is InChI=1S/C28H33N9/c1-14(2)23-21-13-29-12-18(26(21)35-32-23)9-16(4)24-19-6-7-30-22(27(19)36-33-24)10-17(5)25-20-8-15(3)11-31-28(20)37-34-25/h6-7,11-17H,8-10H2,1-5H3,(H,32,35)(H,33,36)(H,34,37). The van der Waals surface area contributed by atoms with Gasteiger partial charge >= 0.3 is 0 Å². The van der Waals surface area contributed by atoms with Crippen LogP contribution in [0.1, 0.15) is 86.3 Å².